The predicted molar refractivity (Wildman–Crippen MR) is 57.4 cm³/mol. The minimum absolute atomic E-state index is 0.0919. The van der Waals surface area contributed by atoms with Crippen molar-refractivity contribution in [3.63, 3.8) is 0 Å². The monoisotopic (exact) mass is 226 g/mol. The van der Waals surface area contributed by atoms with E-state index in [-0.39, 0.29) is 16.4 Å². The van der Waals surface area contributed by atoms with Crippen LogP contribution in [0.3, 0.4) is 0 Å². The Morgan fingerprint density at radius 1 is 1.33 bits per heavy atom. The number of hydrogen-bond acceptors (Lipinski definition) is 3. The molecule has 0 aliphatic heterocycles. The van der Waals surface area contributed by atoms with Crippen LogP contribution in [0.25, 0.3) is 0 Å². The Balaban J connectivity index is 3.23. The lowest BCUT2D eigenvalue weighted by Crippen LogP contribution is -2.06. The number of methoxy groups -OCH3 is 1. The summed E-state index contributed by atoms with van der Waals surface area (Å²) in [4.78, 5) is 22.7. The highest BCUT2D eigenvalue weighted by molar-refractivity contribution is 6.36. The van der Waals surface area contributed by atoms with E-state index in [0.717, 1.165) is 0 Å². The maximum Gasteiger partial charge on any atom is 0.339 e. The maximum atomic E-state index is 11.5. The van der Waals surface area contributed by atoms with Gasteiger partial charge in [-0.2, -0.15) is 0 Å². The average Bonchev–Trinajstić information content (AvgIpc) is 2.27. The molecule has 1 rings (SSSR count). The van der Waals surface area contributed by atoms with Crippen LogP contribution < -0.4 is 0 Å². The molecule has 0 heterocycles. The number of halogens is 1. The first-order valence-corrected chi connectivity index (χ1v) is 4.89. The Morgan fingerprint density at radius 3 is 2.47 bits per heavy atom. The van der Waals surface area contributed by atoms with Gasteiger partial charge in [0.2, 0.25) is 0 Å². The number of hydrogen-bond donors (Lipinski definition) is 0. The summed E-state index contributed by atoms with van der Waals surface area (Å²) in [7, 11) is 1.27. The van der Waals surface area contributed by atoms with Gasteiger partial charge >= 0.3 is 5.97 Å². The van der Waals surface area contributed by atoms with Gasteiger partial charge in [0.15, 0.2) is 5.78 Å². The van der Waals surface area contributed by atoms with E-state index in [1.54, 1.807) is 19.1 Å². The van der Waals surface area contributed by atoms with Gasteiger partial charge in [0.05, 0.1) is 17.7 Å². The normalized spacial score (nSPS) is 9.80. The van der Waals surface area contributed by atoms with Crippen molar-refractivity contribution in [1.82, 2.24) is 0 Å². The lowest BCUT2D eigenvalue weighted by Gasteiger charge is -2.06. The molecule has 0 N–H and O–H groups in total. The second-order valence-electron chi connectivity index (χ2n) is 2.94. The van der Waals surface area contributed by atoms with Gasteiger partial charge in [-0.05, 0) is 12.1 Å². The topological polar surface area (TPSA) is 43.4 Å². The zero-order valence-electron chi connectivity index (χ0n) is 8.54. The van der Waals surface area contributed by atoms with E-state index < -0.39 is 5.97 Å². The average molecular weight is 227 g/mol. The van der Waals surface area contributed by atoms with Gasteiger partial charge in [-0.1, -0.05) is 24.6 Å². The first-order chi connectivity index (χ1) is 7.11. The van der Waals surface area contributed by atoms with E-state index in [4.69, 9.17) is 11.6 Å². The van der Waals surface area contributed by atoms with Gasteiger partial charge in [-0.15, -0.1) is 0 Å². The Kier molecular flexibility index (Phi) is 3.86. The summed E-state index contributed by atoms with van der Waals surface area (Å²) in [6, 6.07) is 4.74. The first-order valence-electron chi connectivity index (χ1n) is 4.51. The Morgan fingerprint density at radius 2 is 1.93 bits per heavy atom. The van der Waals surface area contributed by atoms with Crippen molar-refractivity contribution in [3.8, 4) is 0 Å². The Hall–Kier alpha value is -1.35. The van der Waals surface area contributed by atoms with Crippen LogP contribution in [0.5, 0.6) is 0 Å². The lowest BCUT2D eigenvalue weighted by molar-refractivity contribution is 0.0601. The molecule has 0 radical (unpaired) electrons. The SMILES string of the molecule is CCC(=O)c1cccc(C(=O)OC)c1Cl. The number of esters is 1. The fourth-order valence-electron chi connectivity index (χ4n) is 1.21. The second kappa shape index (κ2) is 4.94. The van der Waals surface area contributed by atoms with E-state index in [1.165, 1.54) is 13.2 Å². The van der Waals surface area contributed by atoms with Crippen molar-refractivity contribution in [1.29, 1.82) is 0 Å². The molecular formula is C11H11ClO3. The van der Waals surface area contributed by atoms with Gasteiger partial charge in [-0.3, -0.25) is 4.79 Å². The molecule has 0 aromatic heterocycles. The van der Waals surface area contributed by atoms with E-state index in [2.05, 4.69) is 4.74 Å². The summed E-state index contributed by atoms with van der Waals surface area (Å²) >= 11 is 5.93. The molecule has 0 fully saturated rings. The minimum Gasteiger partial charge on any atom is -0.465 e. The quantitative estimate of drug-likeness (QED) is 0.588. The largest absolute Gasteiger partial charge is 0.465 e. The number of ether oxygens (including phenoxy) is 1. The van der Waals surface area contributed by atoms with Crippen LogP contribution in [0.1, 0.15) is 34.1 Å². The summed E-state index contributed by atoms with van der Waals surface area (Å²) in [5.74, 6) is -0.628. The summed E-state index contributed by atoms with van der Waals surface area (Å²) < 4.78 is 4.55. The molecule has 3 nitrogen and oxygen atoms in total. The van der Waals surface area contributed by atoms with Crippen LogP contribution in [0.15, 0.2) is 18.2 Å². The summed E-state index contributed by atoms with van der Waals surface area (Å²) in [5, 5.41) is 0.163. The standard InChI is InChI=1S/C11H11ClO3/c1-3-9(13)7-5-4-6-8(10(7)12)11(14)15-2/h4-6H,3H2,1-2H3. The van der Waals surface area contributed by atoms with Gasteiger partial charge in [-0.25, -0.2) is 4.79 Å². The van der Waals surface area contributed by atoms with Gasteiger partial charge in [0.1, 0.15) is 0 Å². The molecular weight excluding hydrogens is 216 g/mol. The third kappa shape index (κ3) is 2.36. The summed E-state index contributed by atoms with van der Waals surface area (Å²) in [5.41, 5.74) is 0.584. The molecule has 0 amide bonds. The molecule has 0 spiro atoms. The van der Waals surface area contributed by atoms with Gasteiger partial charge < -0.3 is 4.74 Å². The summed E-state index contributed by atoms with van der Waals surface area (Å²) in [6.07, 6.45) is 0.352. The Bertz CT molecular complexity index is 365. The lowest BCUT2D eigenvalue weighted by atomic mass is 10.1. The third-order valence-electron chi connectivity index (χ3n) is 2.03. The van der Waals surface area contributed by atoms with Gasteiger partial charge in [0.25, 0.3) is 0 Å². The van der Waals surface area contributed by atoms with Crippen LogP contribution >= 0.6 is 11.6 Å². The molecule has 15 heavy (non-hydrogen) atoms. The van der Waals surface area contributed by atoms with Crippen molar-refractivity contribution < 1.29 is 14.3 Å². The Labute approximate surface area is 93.0 Å². The third-order valence-corrected chi connectivity index (χ3v) is 2.43. The molecule has 0 atom stereocenters. The van der Waals surface area contributed by atoms with E-state index in [0.29, 0.717) is 12.0 Å². The van der Waals surface area contributed by atoms with Crippen molar-refractivity contribution in [2.75, 3.05) is 7.11 Å². The minimum atomic E-state index is -0.536. The van der Waals surface area contributed by atoms with Crippen LogP contribution in [-0.2, 0) is 4.74 Å². The molecule has 0 saturated carbocycles. The molecule has 0 aliphatic rings. The van der Waals surface area contributed by atoms with Crippen LogP contribution in [0.2, 0.25) is 5.02 Å². The predicted octanol–water partition coefficient (Wildman–Crippen LogP) is 2.72. The summed E-state index contributed by atoms with van der Waals surface area (Å²) in [6.45, 7) is 1.74. The molecule has 0 bridgehead atoms. The van der Waals surface area contributed by atoms with Crippen molar-refractivity contribution in [2.45, 2.75) is 13.3 Å². The van der Waals surface area contributed by atoms with Crippen molar-refractivity contribution >= 4 is 23.4 Å². The number of Topliss-reactive ketones (excluding diaryl/α,β-unsaturated/α-hetero) is 1. The number of carbonyl (C=O) groups is 2. The molecule has 80 valence electrons. The number of benzene rings is 1. The van der Waals surface area contributed by atoms with E-state index >= 15 is 0 Å². The van der Waals surface area contributed by atoms with Gasteiger partial charge in [0, 0.05) is 12.0 Å². The zero-order chi connectivity index (χ0) is 11.4. The van der Waals surface area contributed by atoms with E-state index in [1.807, 2.05) is 0 Å². The molecule has 0 aliphatic carbocycles. The maximum absolute atomic E-state index is 11.5. The highest BCUT2D eigenvalue weighted by Gasteiger charge is 2.16. The first kappa shape index (κ1) is 11.7. The molecule has 1 aromatic rings. The number of rotatable bonds is 3. The zero-order valence-corrected chi connectivity index (χ0v) is 9.30. The van der Waals surface area contributed by atoms with Crippen LogP contribution in [0.4, 0.5) is 0 Å². The van der Waals surface area contributed by atoms with Crippen molar-refractivity contribution in [3.05, 3.63) is 34.3 Å². The molecule has 0 unspecified atom stereocenters. The van der Waals surface area contributed by atoms with E-state index in [9.17, 15) is 9.59 Å². The fraction of sp³-hybridized carbons (Fsp3) is 0.273. The second-order valence-corrected chi connectivity index (χ2v) is 3.31. The van der Waals surface area contributed by atoms with Crippen molar-refractivity contribution in [2.24, 2.45) is 0 Å². The molecule has 1 aromatic carbocycles. The van der Waals surface area contributed by atoms with Crippen LogP contribution in [0, 0.1) is 0 Å². The number of ketones is 1. The smallest absolute Gasteiger partial charge is 0.339 e. The van der Waals surface area contributed by atoms with Crippen LogP contribution in [-0.4, -0.2) is 18.9 Å². The molecule has 4 heteroatoms. The highest BCUT2D eigenvalue weighted by Crippen LogP contribution is 2.23. The number of carbonyl (C=O) groups excluding carboxylic acids is 2. The highest BCUT2D eigenvalue weighted by atomic mass is 35.5. The molecule has 0 saturated heterocycles. The fourth-order valence-corrected chi connectivity index (χ4v) is 1.51.